The molecule has 0 aliphatic carbocycles. The van der Waals surface area contributed by atoms with Crippen LogP contribution in [0.2, 0.25) is 0 Å². The van der Waals surface area contributed by atoms with E-state index in [-0.39, 0.29) is 31.3 Å². The van der Waals surface area contributed by atoms with Crippen LogP contribution >= 0.6 is 0 Å². The molecule has 0 radical (unpaired) electrons. The Labute approximate surface area is 168 Å². The van der Waals surface area contributed by atoms with Gasteiger partial charge in [0, 0.05) is 24.2 Å². The van der Waals surface area contributed by atoms with Gasteiger partial charge in [-0.3, -0.25) is 14.4 Å². The van der Waals surface area contributed by atoms with Gasteiger partial charge in [0.25, 0.3) is 0 Å². The largest absolute Gasteiger partial charge is 0.486 e. The molecule has 1 amide bonds. The van der Waals surface area contributed by atoms with Crippen molar-refractivity contribution in [2.75, 3.05) is 31.3 Å². The highest BCUT2D eigenvalue weighted by atomic mass is 16.6. The summed E-state index contributed by atoms with van der Waals surface area (Å²) in [7, 11) is 0. The molecule has 2 aliphatic heterocycles. The van der Waals surface area contributed by atoms with Crippen molar-refractivity contribution in [2.45, 2.75) is 13.3 Å². The molecule has 0 bridgehead atoms. The van der Waals surface area contributed by atoms with Gasteiger partial charge in [-0.15, -0.1) is 0 Å². The molecule has 1 fully saturated rings. The summed E-state index contributed by atoms with van der Waals surface area (Å²) in [5.74, 6) is -0.506. The van der Waals surface area contributed by atoms with Crippen molar-refractivity contribution >= 4 is 23.3 Å². The van der Waals surface area contributed by atoms with Crippen LogP contribution in [0.1, 0.15) is 22.3 Å². The molecule has 0 spiro atoms. The molecule has 2 aromatic carbocycles. The van der Waals surface area contributed by atoms with Crippen LogP contribution in [-0.4, -0.2) is 44.0 Å². The van der Waals surface area contributed by atoms with Crippen molar-refractivity contribution in [1.82, 2.24) is 0 Å². The van der Waals surface area contributed by atoms with Gasteiger partial charge in [-0.05, 0) is 37.3 Å². The summed E-state index contributed by atoms with van der Waals surface area (Å²) in [4.78, 5) is 38.6. The van der Waals surface area contributed by atoms with Crippen LogP contribution in [0, 0.1) is 12.8 Å². The molecule has 0 unspecified atom stereocenters. The number of anilines is 1. The Bertz CT molecular complexity index is 952. The highest BCUT2D eigenvalue weighted by Gasteiger charge is 2.36. The first kappa shape index (κ1) is 19.0. The lowest BCUT2D eigenvalue weighted by molar-refractivity contribution is -0.147. The first-order valence-electron chi connectivity index (χ1n) is 9.48. The summed E-state index contributed by atoms with van der Waals surface area (Å²) >= 11 is 0. The Morgan fingerprint density at radius 3 is 2.55 bits per heavy atom. The maximum atomic E-state index is 12.4. The van der Waals surface area contributed by atoms with Crippen molar-refractivity contribution in [2.24, 2.45) is 5.92 Å². The third kappa shape index (κ3) is 4.08. The number of benzene rings is 2. The molecule has 1 saturated heterocycles. The monoisotopic (exact) mass is 395 g/mol. The molecule has 7 nitrogen and oxygen atoms in total. The molecular formula is C22H21NO6. The zero-order valence-electron chi connectivity index (χ0n) is 16.1. The predicted molar refractivity (Wildman–Crippen MR) is 104 cm³/mol. The van der Waals surface area contributed by atoms with Gasteiger partial charge in [-0.25, -0.2) is 0 Å². The lowest BCUT2D eigenvalue weighted by atomic mass is 10.1. The molecule has 0 N–H and O–H groups in total. The molecule has 2 heterocycles. The van der Waals surface area contributed by atoms with Gasteiger partial charge in [0.05, 0.1) is 5.92 Å². The Morgan fingerprint density at radius 2 is 1.79 bits per heavy atom. The van der Waals surface area contributed by atoms with E-state index in [9.17, 15) is 14.4 Å². The first-order chi connectivity index (χ1) is 14.0. The molecule has 4 rings (SSSR count). The van der Waals surface area contributed by atoms with Crippen molar-refractivity contribution < 1.29 is 28.6 Å². The van der Waals surface area contributed by atoms with Crippen molar-refractivity contribution in [1.29, 1.82) is 0 Å². The van der Waals surface area contributed by atoms with Crippen LogP contribution in [0.4, 0.5) is 5.69 Å². The molecule has 150 valence electrons. The summed E-state index contributed by atoms with van der Waals surface area (Å²) in [6.07, 6.45) is 0.0743. The van der Waals surface area contributed by atoms with E-state index in [0.717, 1.165) is 11.3 Å². The fourth-order valence-electron chi connectivity index (χ4n) is 3.39. The Morgan fingerprint density at radius 1 is 1.07 bits per heavy atom. The normalized spacial score (nSPS) is 17.9. The SMILES string of the molecule is Cc1ccc(N2C[C@H](C(=O)OCC(=O)c3ccc4c(c3)OCCO4)CC2=O)cc1. The maximum absolute atomic E-state index is 12.4. The minimum Gasteiger partial charge on any atom is -0.486 e. The quantitative estimate of drug-likeness (QED) is 0.572. The van der Waals surface area contributed by atoms with E-state index in [1.807, 2.05) is 31.2 Å². The van der Waals surface area contributed by atoms with E-state index < -0.39 is 11.9 Å². The van der Waals surface area contributed by atoms with Crippen molar-refractivity contribution in [3.8, 4) is 11.5 Å². The number of aryl methyl sites for hydroxylation is 1. The number of rotatable bonds is 5. The molecule has 7 heteroatoms. The fraction of sp³-hybridized carbons (Fsp3) is 0.318. The number of nitrogens with zero attached hydrogens (tertiary/aromatic N) is 1. The number of amides is 1. The van der Waals surface area contributed by atoms with E-state index in [2.05, 4.69) is 0 Å². The molecule has 0 saturated carbocycles. The third-order valence-electron chi connectivity index (χ3n) is 5.01. The summed E-state index contributed by atoms with van der Waals surface area (Å²) in [5, 5.41) is 0. The topological polar surface area (TPSA) is 82.1 Å². The van der Waals surface area contributed by atoms with Crippen LogP contribution in [0.5, 0.6) is 11.5 Å². The molecule has 2 aliphatic rings. The van der Waals surface area contributed by atoms with Crippen molar-refractivity contribution in [3.05, 3.63) is 53.6 Å². The Balaban J connectivity index is 1.34. The van der Waals surface area contributed by atoms with E-state index in [4.69, 9.17) is 14.2 Å². The van der Waals surface area contributed by atoms with E-state index >= 15 is 0 Å². The second-order valence-electron chi connectivity index (χ2n) is 7.13. The zero-order valence-corrected chi connectivity index (χ0v) is 16.1. The molecule has 29 heavy (non-hydrogen) atoms. The molecule has 2 aromatic rings. The van der Waals surface area contributed by atoms with Gasteiger partial charge in [0.15, 0.2) is 23.9 Å². The number of esters is 1. The lowest BCUT2D eigenvalue weighted by Gasteiger charge is -2.18. The number of ketones is 1. The van der Waals surface area contributed by atoms with E-state index in [1.54, 1.807) is 23.1 Å². The maximum Gasteiger partial charge on any atom is 0.311 e. The van der Waals surface area contributed by atoms with Gasteiger partial charge in [-0.1, -0.05) is 17.7 Å². The number of ether oxygens (including phenoxy) is 3. The standard InChI is InChI=1S/C22H21NO6/c1-14-2-5-17(6-3-14)23-12-16(11-21(23)25)22(26)29-13-18(24)15-4-7-19-20(10-15)28-9-8-27-19/h2-7,10,16H,8-9,11-13H2,1H3/t16-/m1/s1. The van der Waals surface area contributed by atoms with Gasteiger partial charge < -0.3 is 19.1 Å². The van der Waals surface area contributed by atoms with E-state index in [0.29, 0.717) is 30.3 Å². The number of Topliss-reactive ketones (excluding diaryl/α,β-unsaturated/α-hetero) is 1. The highest BCUT2D eigenvalue weighted by Crippen LogP contribution is 2.31. The Kier molecular flexibility index (Phi) is 5.20. The minimum atomic E-state index is -0.586. The lowest BCUT2D eigenvalue weighted by Crippen LogP contribution is -2.27. The third-order valence-corrected chi connectivity index (χ3v) is 5.01. The minimum absolute atomic E-state index is 0.0743. The van der Waals surface area contributed by atoms with Gasteiger partial charge >= 0.3 is 5.97 Å². The smallest absolute Gasteiger partial charge is 0.311 e. The van der Waals surface area contributed by atoms with Crippen LogP contribution in [0.15, 0.2) is 42.5 Å². The zero-order chi connectivity index (χ0) is 20.4. The molecular weight excluding hydrogens is 374 g/mol. The Hall–Kier alpha value is -3.35. The number of hydrogen-bond donors (Lipinski definition) is 0. The number of fused-ring (bicyclic) bond motifs is 1. The predicted octanol–water partition coefficient (Wildman–Crippen LogP) is 2.55. The second-order valence-corrected chi connectivity index (χ2v) is 7.13. The van der Waals surface area contributed by atoms with Crippen molar-refractivity contribution in [3.63, 3.8) is 0 Å². The van der Waals surface area contributed by atoms with Crippen LogP contribution in [-0.2, 0) is 14.3 Å². The summed E-state index contributed by atoms with van der Waals surface area (Å²) in [6.45, 7) is 2.73. The highest BCUT2D eigenvalue weighted by molar-refractivity contribution is 6.01. The number of carbonyl (C=O) groups is 3. The van der Waals surface area contributed by atoms with Crippen LogP contribution in [0.25, 0.3) is 0 Å². The number of carbonyl (C=O) groups excluding carboxylic acids is 3. The second kappa shape index (κ2) is 7.95. The van der Waals surface area contributed by atoms with Crippen LogP contribution < -0.4 is 14.4 Å². The average molecular weight is 395 g/mol. The van der Waals surface area contributed by atoms with Gasteiger partial charge in [0.2, 0.25) is 5.91 Å². The van der Waals surface area contributed by atoms with Gasteiger partial charge in [-0.2, -0.15) is 0 Å². The fourth-order valence-corrected chi connectivity index (χ4v) is 3.39. The first-order valence-corrected chi connectivity index (χ1v) is 9.48. The molecule has 1 atom stereocenters. The number of hydrogen-bond acceptors (Lipinski definition) is 6. The van der Waals surface area contributed by atoms with Crippen LogP contribution in [0.3, 0.4) is 0 Å². The van der Waals surface area contributed by atoms with Gasteiger partial charge in [0.1, 0.15) is 13.2 Å². The summed E-state index contributed by atoms with van der Waals surface area (Å²) < 4.78 is 16.1. The summed E-state index contributed by atoms with van der Waals surface area (Å²) in [5.41, 5.74) is 2.23. The average Bonchev–Trinajstić information content (AvgIpc) is 3.13. The molecule has 0 aromatic heterocycles. The van der Waals surface area contributed by atoms with E-state index in [1.165, 1.54) is 0 Å². The summed E-state index contributed by atoms with van der Waals surface area (Å²) in [6, 6.07) is 12.4.